The summed E-state index contributed by atoms with van der Waals surface area (Å²) in [4.78, 5) is 36.6. The zero-order valence-corrected chi connectivity index (χ0v) is 46.3. The second kappa shape index (κ2) is 30.3. The van der Waals surface area contributed by atoms with Crippen LogP contribution in [0.4, 0.5) is 11.6 Å². The van der Waals surface area contributed by atoms with Crippen LogP contribution in [0.5, 0.6) is 0 Å². The molecule has 5 N–H and O–H groups in total. The molecule has 72 heavy (non-hydrogen) atoms. The van der Waals surface area contributed by atoms with Crippen LogP contribution in [-0.2, 0) is 41.9 Å². The zero-order valence-electron chi connectivity index (χ0n) is 41.0. The van der Waals surface area contributed by atoms with E-state index in [1.54, 1.807) is 37.3 Å². The Hall–Kier alpha value is -4.16. The third kappa shape index (κ3) is 19.6. The number of nitrogens with zero attached hydrogens (tertiary/aromatic N) is 6. The third-order valence-electron chi connectivity index (χ3n) is 10.4. The van der Waals surface area contributed by atoms with Crippen molar-refractivity contribution in [1.29, 1.82) is 0 Å². The number of carbonyl (C=O) groups is 1. The average Bonchev–Trinajstić information content (AvgIpc) is 3.31. The molecule has 0 saturated carbocycles. The van der Waals surface area contributed by atoms with Crippen LogP contribution in [0.25, 0.3) is 0 Å². The van der Waals surface area contributed by atoms with E-state index in [9.17, 15) is 15.0 Å². The van der Waals surface area contributed by atoms with Crippen LogP contribution in [0.1, 0.15) is 113 Å². The first-order valence-corrected chi connectivity index (χ1v) is 25.6. The number of carboxylic acids is 1. The molecule has 0 aliphatic carbocycles. The molecule has 3 heterocycles. The number of aromatic nitrogens is 6. The summed E-state index contributed by atoms with van der Waals surface area (Å²) in [5.41, 5.74) is 7.40. The number of hydrogen-bond acceptors (Lipinski definition) is 13. The highest BCUT2D eigenvalue weighted by Gasteiger charge is 2.18. The fourth-order valence-corrected chi connectivity index (χ4v) is 8.51. The number of benzene rings is 3. The minimum atomic E-state index is -1.17. The topological polar surface area (TPSA) is 198 Å². The number of aliphatic hydroxyl groups is 2. The number of rotatable bonds is 21. The minimum Gasteiger partial charge on any atom is -0.475 e. The van der Waals surface area contributed by atoms with Crippen molar-refractivity contribution in [2.45, 2.75) is 106 Å². The van der Waals surface area contributed by atoms with Crippen LogP contribution in [0, 0.1) is 20.8 Å². The predicted molar refractivity (Wildman–Crippen MR) is 290 cm³/mol. The number of aryl methyl sites for hydroxylation is 3. The summed E-state index contributed by atoms with van der Waals surface area (Å²) in [5, 5.41) is 38.0. The molecule has 6 rings (SSSR count). The molecule has 0 aliphatic rings. The standard InChI is InChI=1S/C19H23Cl2N3O3.C19H25Cl2N3O2.C13H11Cl3N2O/c1-11(2)27-8-4-7-22-17-15(12(3)23-18(24-17)19(25)26)9-13-5-6-14(20)10-16(13)21;1-12(2)26-8-4-7-22-19-16(13(3)23-18(11-25)24-19)9-14-5-6-15(20)10-17(14)21;1-7-10(13(16)18-12(6-19)17-7)4-8-2-3-9(14)5-11(8)15/h5-6,10-11H,4,7-9H2,1-3H3,(H,25,26)(H,22,23,24);5-6,10,12,25H,4,7-9,11H2,1-3H3,(H,22,23,24);2-3,5,19H,4,6H2,1H3. The van der Waals surface area contributed by atoms with Crippen molar-refractivity contribution in [3.05, 3.63) is 158 Å². The van der Waals surface area contributed by atoms with E-state index in [4.69, 9.17) is 95.8 Å². The number of ether oxygens (including phenoxy) is 2. The highest BCUT2D eigenvalue weighted by molar-refractivity contribution is 6.36. The number of anilines is 2. The average molecular weight is 1130 g/mol. The molecule has 21 heteroatoms. The van der Waals surface area contributed by atoms with Crippen LogP contribution < -0.4 is 10.6 Å². The molecule has 0 fully saturated rings. The number of carboxylic acid groups (broad SMARTS) is 1. The number of halogens is 7. The zero-order chi connectivity index (χ0) is 53.1. The van der Waals surface area contributed by atoms with Gasteiger partial charge in [0.1, 0.15) is 30.0 Å². The van der Waals surface area contributed by atoms with Gasteiger partial charge in [-0.3, -0.25) is 0 Å². The molecule has 0 unspecified atom stereocenters. The molecular formula is C51H59Cl7N8O6. The molecule has 0 aliphatic heterocycles. The highest BCUT2D eigenvalue weighted by atomic mass is 35.5. The molecule has 388 valence electrons. The highest BCUT2D eigenvalue weighted by Crippen LogP contribution is 2.30. The fourth-order valence-electron chi connectivity index (χ4n) is 6.78. The smallest absolute Gasteiger partial charge is 0.374 e. The summed E-state index contributed by atoms with van der Waals surface area (Å²) >= 11 is 42.7. The van der Waals surface area contributed by atoms with Gasteiger partial charge in [0.25, 0.3) is 0 Å². The lowest BCUT2D eigenvalue weighted by atomic mass is 10.0. The van der Waals surface area contributed by atoms with Gasteiger partial charge < -0.3 is 35.4 Å². The van der Waals surface area contributed by atoms with E-state index in [1.807, 2.05) is 65.8 Å². The molecule has 3 aromatic heterocycles. The summed E-state index contributed by atoms with van der Waals surface area (Å²) in [5.74, 6) is 0.523. The lowest BCUT2D eigenvalue weighted by Crippen LogP contribution is -2.15. The van der Waals surface area contributed by atoms with E-state index < -0.39 is 5.97 Å². The molecule has 6 aromatic rings. The van der Waals surface area contributed by atoms with E-state index in [-0.39, 0.29) is 31.2 Å². The van der Waals surface area contributed by atoms with Gasteiger partial charge in [0.05, 0.1) is 12.2 Å². The second-order valence-corrected chi connectivity index (χ2v) is 19.7. The van der Waals surface area contributed by atoms with Gasteiger partial charge in [-0.2, -0.15) is 0 Å². The SMILES string of the molecule is Cc1nc(C(=O)O)nc(NCCCOC(C)C)c1Cc1ccc(Cl)cc1Cl.Cc1nc(CO)nc(Cl)c1Cc1ccc(Cl)cc1Cl.Cc1nc(CO)nc(NCCCOC(C)C)c1Cc1ccc(Cl)cc1Cl. The van der Waals surface area contributed by atoms with Gasteiger partial charge in [0, 0.05) is 109 Å². The van der Waals surface area contributed by atoms with Crippen molar-refractivity contribution in [1.82, 2.24) is 29.9 Å². The lowest BCUT2D eigenvalue weighted by Gasteiger charge is -2.15. The molecular weight excluding hydrogens is 1070 g/mol. The van der Waals surface area contributed by atoms with Crippen molar-refractivity contribution in [2.75, 3.05) is 36.9 Å². The largest absolute Gasteiger partial charge is 0.475 e. The number of nitrogens with one attached hydrogen (secondary N) is 2. The van der Waals surface area contributed by atoms with E-state index in [1.165, 1.54) is 0 Å². The molecule has 0 atom stereocenters. The molecule has 3 aromatic carbocycles. The normalized spacial score (nSPS) is 11.0. The maximum absolute atomic E-state index is 11.3. The summed E-state index contributed by atoms with van der Waals surface area (Å²) < 4.78 is 11.1. The Labute approximate surface area is 456 Å². The van der Waals surface area contributed by atoms with E-state index in [0.29, 0.717) is 97.5 Å². The van der Waals surface area contributed by atoms with Gasteiger partial charge in [-0.25, -0.2) is 34.7 Å². The van der Waals surface area contributed by atoms with Crippen molar-refractivity contribution < 1.29 is 29.6 Å². The van der Waals surface area contributed by atoms with E-state index in [2.05, 4.69) is 40.5 Å². The Bertz CT molecular complexity index is 2730. The van der Waals surface area contributed by atoms with Crippen molar-refractivity contribution in [3.8, 4) is 0 Å². The van der Waals surface area contributed by atoms with Crippen molar-refractivity contribution >= 4 is 98.8 Å². The van der Waals surface area contributed by atoms with Gasteiger partial charge >= 0.3 is 5.97 Å². The van der Waals surface area contributed by atoms with Crippen LogP contribution >= 0.6 is 81.2 Å². The molecule has 0 saturated heterocycles. The Kier molecular flexibility index (Phi) is 25.4. The van der Waals surface area contributed by atoms with Gasteiger partial charge in [-0.15, -0.1) is 0 Å². The number of aliphatic hydroxyl groups excluding tert-OH is 2. The van der Waals surface area contributed by atoms with Crippen LogP contribution in [-0.4, -0.2) is 89.7 Å². The quantitative estimate of drug-likeness (QED) is 0.0337. The summed E-state index contributed by atoms with van der Waals surface area (Å²) in [6, 6.07) is 16.0. The summed E-state index contributed by atoms with van der Waals surface area (Å²) in [6.07, 6.45) is 3.59. The number of aromatic carboxylic acids is 1. The van der Waals surface area contributed by atoms with Crippen LogP contribution in [0.2, 0.25) is 35.3 Å². The summed E-state index contributed by atoms with van der Waals surface area (Å²) in [7, 11) is 0. The second-order valence-electron chi connectivity index (χ2n) is 16.8. The van der Waals surface area contributed by atoms with E-state index >= 15 is 0 Å². The van der Waals surface area contributed by atoms with Gasteiger partial charge in [0.15, 0.2) is 11.6 Å². The van der Waals surface area contributed by atoms with Gasteiger partial charge in [-0.05, 0) is 114 Å². The predicted octanol–water partition coefficient (Wildman–Crippen LogP) is 12.8. The maximum atomic E-state index is 11.3. The van der Waals surface area contributed by atoms with Crippen LogP contribution in [0.15, 0.2) is 54.6 Å². The first kappa shape index (κ1) is 60.4. The monoisotopic (exact) mass is 1120 g/mol. The Balaban J connectivity index is 0.000000238. The minimum absolute atomic E-state index is 0.174. The van der Waals surface area contributed by atoms with Gasteiger partial charge in [-0.1, -0.05) is 99.4 Å². The first-order chi connectivity index (χ1) is 34.2. The lowest BCUT2D eigenvalue weighted by molar-refractivity contribution is 0.0682. The summed E-state index contributed by atoms with van der Waals surface area (Å²) in [6.45, 7) is 15.7. The van der Waals surface area contributed by atoms with E-state index in [0.717, 1.165) is 70.0 Å². The fraction of sp³-hybridized carbons (Fsp3) is 0.392. The number of hydrogen-bond donors (Lipinski definition) is 5. The van der Waals surface area contributed by atoms with Crippen LogP contribution in [0.3, 0.4) is 0 Å². The Morgan fingerprint density at radius 1 is 0.542 bits per heavy atom. The Morgan fingerprint density at radius 3 is 1.29 bits per heavy atom. The molecule has 0 amide bonds. The molecule has 0 spiro atoms. The first-order valence-electron chi connectivity index (χ1n) is 22.9. The molecule has 0 radical (unpaired) electrons. The molecule has 0 bridgehead atoms. The Morgan fingerprint density at radius 2 is 0.917 bits per heavy atom. The third-order valence-corrected chi connectivity index (χ3v) is 12.5. The van der Waals surface area contributed by atoms with Gasteiger partial charge in [0.2, 0.25) is 5.82 Å². The van der Waals surface area contributed by atoms with Crippen molar-refractivity contribution in [3.63, 3.8) is 0 Å². The van der Waals surface area contributed by atoms with Crippen molar-refractivity contribution in [2.24, 2.45) is 0 Å². The molecule has 14 nitrogen and oxygen atoms in total. The maximum Gasteiger partial charge on any atom is 0.374 e.